The van der Waals surface area contributed by atoms with Crippen molar-refractivity contribution in [3.63, 3.8) is 0 Å². The molecule has 1 unspecified atom stereocenters. The van der Waals surface area contributed by atoms with Crippen LogP contribution in [0, 0.1) is 16.7 Å². The molecule has 0 aromatic carbocycles. The first-order chi connectivity index (χ1) is 10.8. The number of fused-ring (bicyclic) bond motifs is 1. The molecule has 1 fully saturated rings. The highest BCUT2D eigenvalue weighted by Crippen LogP contribution is 2.38. The van der Waals surface area contributed by atoms with Crippen LogP contribution in [0.4, 0.5) is 0 Å². The maximum atomic E-state index is 12.6. The van der Waals surface area contributed by atoms with E-state index < -0.39 is 5.41 Å². The van der Waals surface area contributed by atoms with E-state index in [2.05, 4.69) is 42.9 Å². The molecule has 1 aromatic heterocycles. The average molecular weight is 314 g/mol. The van der Waals surface area contributed by atoms with E-state index in [-0.39, 0.29) is 17.4 Å². The lowest BCUT2D eigenvalue weighted by Gasteiger charge is -2.28. The Balaban J connectivity index is 1.69. The summed E-state index contributed by atoms with van der Waals surface area (Å²) in [7, 11) is 0. The zero-order chi connectivity index (χ0) is 16.7. The zero-order valence-electron chi connectivity index (χ0n) is 14.4. The van der Waals surface area contributed by atoms with Gasteiger partial charge in [-0.2, -0.15) is 5.26 Å². The largest absolute Gasteiger partial charge is 0.350 e. The number of carbonyl (C=O) groups is 1. The fourth-order valence-corrected chi connectivity index (χ4v) is 3.61. The van der Waals surface area contributed by atoms with E-state index in [0.29, 0.717) is 12.8 Å². The number of carbonyl (C=O) groups excluding carboxylic acids is 1. The van der Waals surface area contributed by atoms with Gasteiger partial charge in [0, 0.05) is 30.6 Å². The van der Waals surface area contributed by atoms with Gasteiger partial charge >= 0.3 is 0 Å². The number of aryl methyl sites for hydroxylation is 1. The first kappa shape index (κ1) is 16.0. The van der Waals surface area contributed by atoms with Crippen molar-refractivity contribution in [2.45, 2.75) is 77.3 Å². The second-order valence-corrected chi connectivity index (χ2v) is 8.05. The Bertz CT molecular complexity index is 641. The third-order valence-corrected chi connectivity index (χ3v) is 5.20. The molecule has 1 N–H and O–H groups in total. The number of hydrogen-bond donors (Lipinski definition) is 1. The molecule has 1 saturated carbocycles. The van der Waals surface area contributed by atoms with E-state index in [9.17, 15) is 10.1 Å². The lowest BCUT2D eigenvalue weighted by molar-refractivity contribution is -0.128. The monoisotopic (exact) mass is 314 g/mol. The smallest absolute Gasteiger partial charge is 0.240 e. The number of amides is 1. The Labute approximate surface area is 138 Å². The number of aromatic nitrogens is 2. The molecule has 3 rings (SSSR count). The Morgan fingerprint density at radius 2 is 2.13 bits per heavy atom. The second-order valence-electron chi connectivity index (χ2n) is 8.05. The van der Waals surface area contributed by atoms with Gasteiger partial charge in [-0.3, -0.25) is 4.79 Å². The molecule has 1 aliphatic heterocycles. The van der Waals surface area contributed by atoms with Crippen LogP contribution in [0.1, 0.15) is 64.4 Å². The van der Waals surface area contributed by atoms with E-state index in [4.69, 9.17) is 4.98 Å². The van der Waals surface area contributed by atoms with Crippen molar-refractivity contribution in [2.75, 3.05) is 0 Å². The Kier molecular flexibility index (Phi) is 3.95. The molecular weight excluding hydrogens is 288 g/mol. The van der Waals surface area contributed by atoms with Crippen LogP contribution in [0.15, 0.2) is 6.20 Å². The highest BCUT2D eigenvalue weighted by molar-refractivity contribution is 5.86. The summed E-state index contributed by atoms with van der Waals surface area (Å²) in [5, 5.41) is 12.6. The van der Waals surface area contributed by atoms with Crippen molar-refractivity contribution in [3.05, 3.63) is 17.7 Å². The highest BCUT2D eigenvalue weighted by atomic mass is 16.2. The third-order valence-electron chi connectivity index (χ3n) is 5.20. The van der Waals surface area contributed by atoms with Gasteiger partial charge in [0.05, 0.1) is 11.8 Å². The fourth-order valence-electron chi connectivity index (χ4n) is 3.61. The molecule has 0 bridgehead atoms. The summed E-state index contributed by atoms with van der Waals surface area (Å²) in [6, 6.07) is 2.38. The summed E-state index contributed by atoms with van der Waals surface area (Å²) in [5.41, 5.74) is 0.354. The summed E-state index contributed by atoms with van der Waals surface area (Å²) in [4.78, 5) is 17.3. The molecule has 5 nitrogen and oxygen atoms in total. The maximum absolute atomic E-state index is 12.6. The minimum absolute atomic E-state index is 0.0395. The van der Waals surface area contributed by atoms with E-state index in [1.807, 2.05) is 0 Å². The van der Waals surface area contributed by atoms with Crippen LogP contribution >= 0.6 is 0 Å². The second kappa shape index (κ2) is 5.67. The Morgan fingerprint density at radius 3 is 2.74 bits per heavy atom. The van der Waals surface area contributed by atoms with E-state index in [1.54, 1.807) is 0 Å². The molecule has 5 heteroatoms. The average Bonchev–Trinajstić information content (AvgIpc) is 3.13. The number of imidazole rings is 1. The fraction of sp³-hybridized carbons (Fsp3) is 0.722. The normalized spacial score (nSPS) is 23.1. The van der Waals surface area contributed by atoms with Crippen molar-refractivity contribution in [1.82, 2.24) is 14.9 Å². The Morgan fingerprint density at radius 1 is 1.43 bits per heavy atom. The quantitative estimate of drug-likeness (QED) is 0.912. The molecule has 2 heterocycles. The van der Waals surface area contributed by atoms with Gasteiger partial charge in [0.2, 0.25) is 5.91 Å². The van der Waals surface area contributed by atoms with Crippen LogP contribution in [0.3, 0.4) is 0 Å². The summed E-state index contributed by atoms with van der Waals surface area (Å²) >= 11 is 0. The van der Waals surface area contributed by atoms with Crippen molar-refractivity contribution in [3.8, 4) is 6.07 Å². The number of hydrogen-bond acceptors (Lipinski definition) is 3. The number of rotatable bonds is 2. The standard InChI is InChI=1S/C18H26N4O/c1-17(2,3)14-11-22-10-13(6-7-15(22)21-14)20-16(23)18(12-19)8-4-5-9-18/h11,13H,4-10H2,1-3H3,(H,20,23). The van der Waals surface area contributed by atoms with Gasteiger partial charge in [0.1, 0.15) is 11.2 Å². The van der Waals surface area contributed by atoms with Gasteiger partial charge in [-0.1, -0.05) is 33.6 Å². The van der Waals surface area contributed by atoms with Crippen molar-refractivity contribution in [2.24, 2.45) is 5.41 Å². The lowest BCUT2D eigenvalue weighted by atomic mass is 9.86. The molecule has 1 aromatic rings. The maximum Gasteiger partial charge on any atom is 0.240 e. The summed E-state index contributed by atoms with van der Waals surface area (Å²) in [6.45, 7) is 7.25. The van der Waals surface area contributed by atoms with Gasteiger partial charge in [-0.15, -0.1) is 0 Å². The topological polar surface area (TPSA) is 70.7 Å². The first-order valence-electron chi connectivity index (χ1n) is 8.63. The lowest BCUT2D eigenvalue weighted by Crippen LogP contribution is -2.47. The SMILES string of the molecule is CC(C)(C)c1cn2c(n1)CCC(NC(=O)C1(C#N)CCCC1)C2. The van der Waals surface area contributed by atoms with Crippen LogP contribution in [0.25, 0.3) is 0 Å². The van der Waals surface area contributed by atoms with Gasteiger partial charge in [-0.05, 0) is 19.3 Å². The van der Waals surface area contributed by atoms with Crippen LogP contribution in [0.2, 0.25) is 0 Å². The molecule has 0 spiro atoms. The van der Waals surface area contributed by atoms with Crippen molar-refractivity contribution in [1.29, 1.82) is 5.26 Å². The number of nitrogens with one attached hydrogen (secondary N) is 1. The molecule has 0 saturated heterocycles. The van der Waals surface area contributed by atoms with Crippen LogP contribution in [-0.2, 0) is 23.2 Å². The van der Waals surface area contributed by atoms with Gasteiger partial charge < -0.3 is 9.88 Å². The summed E-state index contributed by atoms with van der Waals surface area (Å²) < 4.78 is 2.17. The minimum Gasteiger partial charge on any atom is -0.350 e. The molecule has 124 valence electrons. The Hall–Kier alpha value is -1.83. The molecule has 1 amide bonds. The van der Waals surface area contributed by atoms with Crippen LogP contribution in [-0.4, -0.2) is 21.5 Å². The minimum atomic E-state index is -0.786. The highest BCUT2D eigenvalue weighted by Gasteiger charge is 2.42. The molecule has 23 heavy (non-hydrogen) atoms. The first-order valence-corrected chi connectivity index (χ1v) is 8.63. The van der Waals surface area contributed by atoms with E-state index in [0.717, 1.165) is 43.7 Å². The van der Waals surface area contributed by atoms with Crippen LogP contribution in [0.5, 0.6) is 0 Å². The summed E-state index contributed by atoms with van der Waals surface area (Å²) in [6.07, 6.45) is 7.25. The van der Waals surface area contributed by atoms with Gasteiger partial charge in [0.15, 0.2) is 0 Å². The molecule has 2 aliphatic rings. The molecule has 0 radical (unpaired) electrons. The van der Waals surface area contributed by atoms with Gasteiger partial charge in [-0.25, -0.2) is 4.98 Å². The zero-order valence-corrected chi connectivity index (χ0v) is 14.4. The molecular formula is C18H26N4O. The van der Waals surface area contributed by atoms with Crippen molar-refractivity contribution >= 4 is 5.91 Å². The number of nitriles is 1. The molecule has 1 aliphatic carbocycles. The third kappa shape index (κ3) is 2.99. The predicted octanol–water partition coefficient (Wildman–Crippen LogP) is 2.70. The van der Waals surface area contributed by atoms with Gasteiger partial charge in [0.25, 0.3) is 0 Å². The van der Waals surface area contributed by atoms with E-state index >= 15 is 0 Å². The number of nitrogens with zero attached hydrogens (tertiary/aromatic N) is 3. The predicted molar refractivity (Wildman–Crippen MR) is 87.7 cm³/mol. The molecule has 1 atom stereocenters. The summed E-state index contributed by atoms with van der Waals surface area (Å²) in [5.74, 6) is 1.04. The van der Waals surface area contributed by atoms with Crippen molar-refractivity contribution < 1.29 is 4.79 Å². The van der Waals surface area contributed by atoms with Crippen LogP contribution < -0.4 is 5.32 Å². The van der Waals surface area contributed by atoms with E-state index in [1.165, 1.54) is 0 Å².